The second kappa shape index (κ2) is 6.58. The minimum absolute atomic E-state index is 0.0954. The molecule has 0 spiro atoms. The van der Waals surface area contributed by atoms with E-state index in [4.69, 9.17) is 0 Å². The summed E-state index contributed by atoms with van der Waals surface area (Å²) in [6.45, 7) is 0.691. The van der Waals surface area contributed by atoms with E-state index >= 15 is 0 Å². The van der Waals surface area contributed by atoms with Crippen LogP contribution in [-0.4, -0.2) is 28.0 Å². The van der Waals surface area contributed by atoms with Crippen LogP contribution in [0.4, 0.5) is 8.78 Å². The van der Waals surface area contributed by atoms with Gasteiger partial charge in [0.1, 0.15) is 11.6 Å². The predicted molar refractivity (Wildman–Crippen MR) is 71.1 cm³/mol. The molecule has 0 saturated heterocycles. The van der Waals surface area contributed by atoms with Crippen LogP contribution in [0.2, 0.25) is 0 Å². The summed E-state index contributed by atoms with van der Waals surface area (Å²) in [5.74, 6) is -1.46. The van der Waals surface area contributed by atoms with Crippen molar-refractivity contribution in [1.82, 2.24) is 15.1 Å². The van der Waals surface area contributed by atoms with Gasteiger partial charge in [-0.25, -0.2) is 8.78 Å². The first kappa shape index (κ1) is 14.6. The fourth-order valence-electron chi connectivity index (χ4n) is 2.00. The van der Waals surface area contributed by atoms with Crippen molar-refractivity contribution in [2.75, 3.05) is 13.1 Å². The summed E-state index contributed by atoms with van der Waals surface area (Å²) in [6, 6.07) is 3.55. The van der Waals surface area contributed by atoms with E-state index < -0.39 is 17.7 Å². The Labute approximate surface area is 116 Å². The molecule has 1 unspecified atom stereocenters. The molecule has 0 radical (unpaired) electrons. The van der Waals surface area contributed by atoms with Crippen LogP contribution < -0.4 is 5.32 Å². The highest BCUT2D eigenvalue weighted by molar-refractivity contribution is 5.22. The summed E-state index contributed by atoms with van der Waals surface area (Å²) < 4.78 is 28.6. The third-order valence-corrected chi connectivity index (χ3v) is 3.02. The van der Waals surface area contributed by atoms with Crippen LogP contribution in [0, 0.1) is 11.6 Å². The van der Waals surface area contributed by atoms with Crippen molar-refractivity contribution in [2.45, 2.75) is 12.5 Å². The molecule has 2 rings (SSSR count). The van der Waals surface area contributed by atoms with Gasteiger partial charge in [-0.15, -0.1) is 0 Å². The standard InChI is InChI=1S/C14H17F2N3O/c1-19-9-10(7-18-19)5-6-17-8-13(20)14-11(15)3-2-4-12(14)16/h2-4,7,9,13,17,20H,5-6,8H2,1H3. The fourth-order valence-corrected chi connectivity index (χ4v) is 2.00. The molecule has 6 heteroatoms. The van der Waals surface area contributed by atoms with Crippen molar-refractivity contribution in [2.24, 2.45) is 7.05 Å². The van der Waals surface area contributed by atoms with Crippen molar-refractivity contribution in [1.29, 1.82) is 0 Å². The molecule has 0 amide bonds. The van der Waals surface area contributed by atoms with Crippen LogP contribution in [0.15, 0.2) is 30.6 Å². The Hall–Kier alpha value is -1.79. The molecule has 2 aromatic rings. The molecule has 0 fully saturated rings. The Morgan fingerprint density at radius 1 is 1.35 bits per heavy atom. The van der Waals surface area contributed by atoms with E-state index in [1.165, 1.54) is 6.07 Å². The number of aromatic nitrogens is 2. The number of aryl methyl sites for hydroxylation is 1. The van der Waals surface area contributed by atoms with Gasteiger partial charge >= 0.3 is 0 Å². The van der Waals surface area contributed by atoms with Crippen LogP contribution in [0.3, 0.4) is 0 Å². The van der Waals surface area contributed by atoms with Crippen molar-refractivity contribution in [3.05, 3.63) is 53.4 Å². The highest BCUT2D eigenvalue weighted by Gasteiger charge is 2.16. The van der Waals surface area contributed by atoms with E-state index in [2.05, 4.69) is 10.4 Å². The molecule has 2 N–H and O–H groups in total. The number of hydrogen-bond donors (Lipinski definition) is 2. The lowest BCUT2D eigenvalue weighted by atomic mass is 10.1. The lowest BCUT2D eigenvalue weighted by Crippen LogP contribution is -2.24. The quantitative estimate of drug-likeness (QED) is 0.790. The number of hydrogen-bond acceptors (Lipinski definition) is 3. The van der Waals surface area contributed by atoms with Crippen molar-refractivity contribution >= 4 is 0 Å². The van der Waals surface area contributed by atoms with E-state index in [0.717, 1.165) is 24.1 Å². The maximum Gasteiger partial charge on any atom is 0.131 e. The molecule has 0 bridgehead atoms. The average Bonchev–Trinajstić information content (AvgIpc) is 2.80. The highest BCUT2D eigenvalue weighted by Crippen LogP contribution is 2.19. The number of nitrogens with zero attached hydrogens (tertiary/aromatic N) is 2. The van der Waals surface area contributed by atoms with Gasteiger partial charge in [-0.1, -0.05) is 6.07 Å². The number of aliphatic hydroxyl groups is 1. The van der Waals surface area contributed by atoms with E-state index in [0.29, 0.717) is 6.54 Å². The SMILES string of the molecule is Cn1cc(CCNCC(O)c2c(F)cccc2F)cn1. The van der Waals surface area contributed by atoms with Crippen molar-refractivity contribution < 1.29 is 13.9 Å². The van der Waals surface area contributed by atoms with Gasteiger partial charge in [0.05, 0.1) is 17.9 Å². The minimum Gasteiger partial charge on any atom is -0.387 e. The summed E-state index contributed by atoms with van der Waals surface area (Å²) in [5.41, 5.74) is 0.771. The third-order valence-electron chi connectivity index (χ3n) is 3.02. The first-order chi connectivity index (χ1) is 9.58. The lowest BCUT2D eigenvalue weighted by molar-refractivity contribution is 0.165. The lowest BCUT2D eigenvalue weighted by Gasteiger charge is -2.13. The molecule has 0 aliphatic rings. The van der Waals surface area contributed by atoms with Crippen LogP contribution in [0.5, 0.6) is 0 Å². The second-order valence-corrected chi connectivity index (χ2v) is 4.63. The first-order valence-electron chi connectivity index (χ1n) is 6.38. The van der Waals surface area contributed by atoms with Gasteiger partial charge in [-0.2, -0.15) is 5.10 Å². The number of benzene rings is 1. The predicted octanol–water partition coefficient (Wildman–Crippen LogP) is 1.56. The normalized spacial score (nSPS) is 12.6. The molecule has 1 aromatic carbocycles. The summed E-state index contributed by atoms with van der Waals surface area (Å²) in [5, 5.41) is 16.8. The van der Waals surface area contributed by atoms with Gasteiger partial charge in [-0.05, 0) is 30.7 Å². The van der Waals surface area contributed by atoms with Crippen molar-refractivity contribution in [3.8, 4) is 0 Å². The molecule has 1 aromatic heterocycles. The van der Waals surface area contributed by atoms with E-state index in [1.54, 1.807) is 10.9 Å². The summed E-state index contributed by atoms with van der Waals surface area (Å²) in [6.07, 6.45) is 3.19. The first-order valence-corrected chi connectivity index (χ1v) is 6.38. The molecule has 108 valence electrons. The average molecular weight is 281 g/mol. The van der Waals surface area contributed by atoms with Gasteiger partial charge in [0.15, 0.2) is 0 Å². The molecule has 0 aliphatic carbocycles. The smallest absolute Gasteiger partial charge is 0.131 e. The third kappa shape index (κ3) is 3.61. The van der Waals surface area contributed by atoms with Crippen LogP contribution >= 0.6 is 0 Å². The highest BCUT2D eigenvalue weighted by atomic mass is 19.1. The number of nitrogens with one attached hydrogen (secondary N) is 1. The van der Waals surface area contributed by atoms with Gasteiger partial charge in [0.2, 0.25) is 0 Å². The zero-order chi connectivity index (χ0) is 14.5. The van der Waals surface area contributed by atoms with Crippen molar-refractivity contribution in [3.63, 3.8) is 0 Å². The van der Waals surface area contributed by atoms with E-state index in [-0.39, 0.29) is 12.1 Å². The Morgan fingerprint density at radius 2 is 2.05 bits per heavy atom. The van der Waals surface area contributed by atoms with Gasteiger partial charge in [0, 0.05) is 19.8 Å². The van der Waals surface area contributed by atoms with E-state index in [1.807, 2.05) is 13.2 Å². The molecule has 0 aliphatic heterocycles. The molecule has 4 nitrogen and oxygen atoms in total. The Bertz CT molecular complexity index is 551. The number of aliphatic hydroxyl groups excluding tert-OH is 1. The van der Waals surface area contributed by atoms with Gasteiger partial charge < -0.3 is 10.4 Å². The minimum atomic E-state index is -1.20. The number of halogens is 2. The summed E-state index contributed by atoms with van der Waals surface area (Å²) >= 11 is 0. The fraction of sp³-hybridized carbons (Fsp3) is 0.357. The maximum atomic E-state index is 13.4. The molecule has 20 heavy (non-hydrogen) atoms. The number of rotatable bonds is 6. The second-order valence-electron chi connectivity index (χ2n) is 4.63. The maximum absolute atomic E-state index is 13.4. The molecule has 1 atom stereocenters. The summed E-state index contributed by atoms with van der Waals surface area (Å²) in [4.78, 5) is 0. The molecule has 0 saturated carbocycles. The molecule has 1 heterocycles. The largest absolute Gasteiger partial charge is 0.387 e. The Balaban J connectivity index is 1.82. The Kier molecular flexibility index (Phi) is 4.81. The van der Waals surface area contributed by atoms with Crippen LogP contribution in [0.25, 0.3) is 0 Å². The van der Waals surface area contributed by atoms with Crippen LogP contribution in [0.1, 0.15) is 17.2 Å². The summed E-state index contributed by atoms with van der Waals surface area (Å²) in [7, 11) is 1.83. The van der Waals surface area contributed by atoms with Gasteiger partial charge in [0.25, 0.3) is 0 Å². The topological polar surface area (TPSA) is 50.1 Å². The van der Waals surface area contributed by atoms with Crippen LogP contribution in [-0.2, 0) is 13.5 Å². The molecular weight excluding hydrogens is 264 g/mol. The Morgan fingerprint density at radius 3 is 2.65 bits per heavy atom. The van der Waals surface area contributed by atoms with E-state index in [9.17, 15) is 13.9 Å². The molecular formula is C14H17F2N3O. The zero-order valence-corrected chi connectivity index (χ0v) is 11.2. The monoisotopic (exact) mass is 281 g/mol. The zero-order valence-electron chi connectivity index (χ0n) is 11.2. The van der Waals surface area contributed by atoms with Gasteiger partial charge in [-0.3, -0.25) is 4.68 Å².